The van der Waals surface area contributed by atoms with Crippen molar-refractivity contribution in [1.82, 2.24) is 4.98 Å². The maximum absolute atomic E-state index is 10.4. The lowest BCUT2D eigenvalue weighted by molar-refractivity contribution is 0.110. The molecule has 0 amide bonds. The lowest BCUT2D eigenvalue weighted by atomic mass is 10.8. The molecule has 0 saturated carbocycles. The molecule has 0 aromatic carbocycles. The van der Waals surface area contributed by atoms with E-state index in [1.165, 1.54) is 11.3 Å². The van der Waals surface area contributed by atoms with Crippen molar-refractivity contribution in [3.63, 3.8) is 0 Å². The van der Waals surface area contributed by atoms with Crippen molar-refractivity contribution in [1.29, 1.82) is 0 Å². The smallest absolute Gasteiger partial charge is 0.250 e. The van der Waals surface area contributed by atoms with Gasteiger partial charge in [0.25, 0.3) is 3.79 Å². The predicted molar refractivity (Wildman–Crippen MR) is 40.5 cm³/mol. The Morgan fingerprint density at radius 2 is 2.62 bits per heavy atom. The fourth-order valence-electron chi connectivity index (χ4n) is 0.321. The lowest BCUT2D eigenvalue weighted by Crippen LogP contribution is -1.82. The van der Waals surface area contributed by atoms with Gasteiger partial charge < -0.3 is 0 Å². The molecule has 0 aliphatic rings. The number of nitrogens with zero attached hydrogens (tertiary/aromatic N) is 1. The molecule has 0 atom stereocenters. The predicted octanol–water partition coefficient (Wildman–Crippen LogP) is 1.72. The van der Waals surface area contributed by atoms with Crippen LogP contribution < -0.4 is 0 Å². The van der Waals surface area contributed by atoms with Crippen LogP contribution in [0.15, 0.2) is 11.6 Å². The Morgan fingerprint density at radius 1 is 1.88 bits per heavy atom. The minimum Gasteiger partial charge on any atom is -0.279 e. The van der Waals surface area contributed by atoms with E-state index in [9.17, 15) is 4.79 Å². The molecular weight excluding hydrogens is 237 g/mol. The molecule has 0 aliphatic carbocycles. The lowest BCUT2D eigenvalue weighted by Gasteiger charge is -1.75. The number of thiazole rings is 1. The second-order valence-corrected chi connectivity index (χ2v) is 2.99. The van der Waals surface area contributed by atoms with Crippen molar-refractivity contribution in [2.24, 2.45) is 0 Å². The highest BCUT2D eigenvalue weighted by Gasteiger charge is 2.00. The molecule has 0 spiro atoms. The standard InChI is InChI=1S/C4H2INOS/c5-3(7)4-6-1-2-8-4/h1-2H. The number of hydrogen-bond donors (Lipinski definition) is 0. The topological polar surface area (TPSA) is 30.0 Å². The van der Waals surface area contributed by atoms with Crippen molar-refractivity contribution < 1.29 is 4.79 Å². The number of halogens is 1. The minimum atomic E-state index is 0.0117. The molecule has 8 heavy (non-hydrogen) atoms. The van der Waals surface area contributed by atoms with Gasteiger partial charge in [-0.3, -0.25) is 4.79 Å². The first-order chi connectivity index (χ1) is 3.80. The first-order valence-electron chi connectivity index (χ1n) is 1.90. The Hall–Kier alpha value is 0.0300. The summed E-state index contributed by atoms with van der Waals surface area (Å²) in [5.74, 6) is 0. The molecule has 1 rings (SSSR count). The van der Waals surface area contributed by atoms with E-state index in [1.54, 1.807) is 34.2 Å². The maximum atomic E-state index is 10.4. The second kappa shape index (κ2) is 2.54. The van der Waals surface area contributed by atoms with Gasteiger partial charge in [0.15, 0.2) is 5.01 Å². The third-order valence-electron chi connectivity index (χ3n) is 0.600. The monoisotopic (exact) mass is 239 g/mol. The summed E-state index contributed by atoms with van der Waals surface area (Å²) in [6, 6.07) is 0. The first kappa shape index (κ1) is 6.15. The number of carbonyl (C=O) groups is 1. The quantitative estimate of drug-likeness (QED) is 0.551. The van der Waals surface area contributed by atoms with Crippen LogP contribution in [-0.4, -0.2) is 8.77 Å². The molecule has 0 fully saturated rings. The van der Waals surface area contributed by atoms with Crippen LogP contribution in [0.3, 0.4) is 0 Å². The van der Waals surface area contributed by atoms with Crippen LogP contribution in [0.5, 0.6) is 0 Å². The zero-order valence-corrected chi connectivity index (χ0v) is 6.77. The molecule has 1 aromatic rings. The molecule has 4 heteroatoms. The maximum Gasteiger partial charge on any atom is 0.250 e. The largest absolute Gasteiger partial charge is 0.279 e. The first-order valence-corrected chi connectivity index (χ1v) is 3.86. The highest BCUT2D eigenvalue weighted by Crippen LogP contribution is 2.07. The molecule has 0 aliphatic heterocycles. The van der Waals surface area contributed by atoms with Crippen LogP contribution in [0.4, 0.5) is 0 Å². The molecular formula is C4H2INOS. The molecule has 1 heterocycles. The Kier molecular flexibility index (Phi) is 1.95. The van der Waals surface area contributed by atoms with E-state index < -0.39 is 0 Å². The summed E-state index contributed by atoms with van der Waals surface area (Å²) in [7, 11) is 0. The SMILES string of the molecule is O=C(I)c1nccs1. The van der Waals surface area contributed by atoms with Gasteiger partial charge in [-0.25, -0.2) is 4.98 Å². The van der Waals surface area contributed by atoms with Crippen LogP contribution in [0, 0.1) is 0 Å². The number of aromatic nitrogens is 1. The van der Waals surface area contributed by atoms with Gasteiger partial charge in [0.1, 0.15) is 0 Å². The fraction of sp³-hybridized carbons (Fsp3) is 0. The molecule has 0 unspecified atom stereocenters. The van der Waals surface area contributed by atoms with Crippen molar-refractivity contribution in [2.45, 2.75) is 0 Å². The molecule has 0 N–H and O–H groups in total. The highest BCUT2D eigenvalue weighted by molar-refractivity contribution is 14.1. The van der Waals surface area contributed by atoms with Gasteiger partial charge in [-0.15, -0.1) is 11.3 Å². The van der Waals surface area contributed by atoms with E-state index >= 15 is 0 Å². The Labute approximate surface area is 64.1 Å². The van der Waals surface area contributed by atoms with Gasteiger partial charge in [0.05, 0.1) is 0 Å². The molecule has 42 valence electrons. The summed E-state index contributed by atoms with van der Waals surface area (Å²) >= 11 is 3.08. The van der Waals surface area contributed by atoms with Crippen LogP contribution in [0.2, 0.25) is 0 Å². The number of carbonyl (C=O) groups excluding carboxylic acids is 1. The Morgan fingerprint density at radius 3 is 2.88 bits per heavy atom. The summed E-state index contributed by atoms with van der Waals surface area (Å²) in [5.41, 5.74) is 0. The average molecular weight is 239 g/mol. The number of rotatable bonds is 1. The third-order valence-corrected chi connectivity index (χ3v) is 2.25. The van der Waals surface area contributed by atoms with E-state index in [2.05, 4.69) is 4.98 Å². The molecule has 2 nitrogen and oxygen atoms in total. The van der Waals surface area contributed by atoms with Gasteiger partial charge >= 0.3 is 0 Å². The van der Waals surface area contributed by atoms with Crippen LogP contribution in [0.25, 0.3) is 0 Å². The van der Waals surface area contributed by atoms with E-state index in [0.717, 1.165) is 0 Å². The highest BCUT2D eigenvalue weighted by atomic mass is 127. The Bertz CT molecular complexity index is 184. The van der Waals surface area contributed by atoms with E-state index in [-0.39, 0.29) is 3.79 Å². The Balaban J connectivity index is 2.93. The van der Waals surface area contributed by atoms with Crippen molar-refractivity contribution in [3.05, 3.63) is 16.6 Å². The minimum absolute atomic E-state index is 0.0117. The number of hydrogen-bond acceptors (Lipinski definition) is 3. The molecule has 0 saturated heterocycles. The van der Waals surface area contributed by atoms with Gasteiger partial charge in [-0.1, -0.05) is 0 Å². The summed E-state index contributed by atoms with van der Waals surface area (Å²) in [6.07, 6.45) is 1.62. The second-order valence-electron chi connectivity index (χ2n) is 1.11. The summed E-state index contributed by atoms with van der Waals surface area (Å²) < 4.78 is 0.0117. The van der Waals surface area contributed by atoms with Gasteiger partial charge in [0, 0.05) is 34.2 Å². The van der Waals surface area contributed by atoms with E-state index in [4.69, 9.17) is 0 Å². The third kappa shape index (κ3) is 1.25. The van der Waals surface area contributed by atoms with Crippen LogP contribution >= 0.6 is 33.9 Å². The summed E-state index contributed by atoms with van der Waals surface area (Å²) in [4.78, 5) is 14.2. The van der Waals surface area contributed by atoms with Crippen LogP contribution in [-0.2, 0) is 0 Å². The summed E-state index contributed by atoms with van der Waals surface area (Å²) in [6.45, 7) is 0. The molecule has 1 aromatic heterocycles. The van der Waals surface area contributed by atoms with Gasteiger partial charge in [-0.05, 0) is 0 Å². The van der Waals surface area contributed by atoms with E-state index in [1.807, 2.05) is 0 Å². The van der Waals surface area contributed by atoms with Crippen molar-refractivity contribution in [3.8, 4) is 0 Å². The fourth-order valence-corrected chi connectivity index (χ4v) is 1.31. The van der Waals surface area contributed by atoms with Gasteiger partial charge in [0.2, 0.25) is 0 Å². The average Bonchev–Trinajstić information content (AvgIpc) is 2.12. The summed E-state index contributed by atoms with van der Waals surface area (Å²) in [5, 5.41) is 2.36. The normalized spacial score (nSPS) is 9.12. The zero-order chi connectivity index (χ0) is 5.98. The molecule has 0 radical (unpaired) electrons. The zero-order valence-electron chi connectivity index (χ0n) is 3.80. The van der Waals surface area contributed by atoms with Crippen molar-refractivity contribution >= 4 is 37.7 Å². The molecule has 0 bridgehead atoms. The van der Waals surface area contributed by atoms with Gasteiger partial charge in [-0.2, -0.15) is 0 Å². The van der Waals surface area contributed by atoms with E-state index in [0.29, 0.717) is 5.01 Å². The van der Waals surface area contributed by atoms with Crippen LogP contribution in [0.1, 0.15) is 9.80 Å². The van der Waals surface area contributed by atoms with Crippen molar-refractivity contribution in [2.75, 3.05) is 0 Å².